The summed E-state index contributed by atoms with van der Waals surface area (Å²) in [6, 6.07) is 6.32. The first-order valence-corrected chi connectivity index (χ1v) is 6.40. The second kappa shape index (κ2) is 6.50. The summed E-state index contributed by atoms with van der Waals surface area (Å²) in [5.41, 5.74) is 0.279. The maximum atomic E-state index is 13.4. The normalized spacial score (nSPS) is 10.2. The van der Waals surface area contributed by atoms with Gasteiger partial charge in [0.25, 0.3) is 5.91 Å². The third kappa shape index (κ3) is 3.30. The zero-order chi connectivity index (χ0) is 13.7. The van der Waals surface area contributed by atoms with Crippen molar-refractivity contribution in [3.05, 3.63) is 34.1 Å². The molecule has 0 N–H and O–H groups in total. The van der Waals surface area contributed by atoms with E-state index in [0.717, 1.165) is 0 Å². The molecule has 1 amide bonds. The lowest BCUT2D eigenvalue weighted by Crippen LogP contribution is -2.37. The van der Waals surface area contributed by atoms with Crippen LogP contribution in [0, 0.1) is 17.1 Å². The quantitative estimate of drug-likeness (QED) is 0.855. The van der Waals surface area contributed by atoms with E-state index in [4.69, 9.17) is 5.26 Å². The maximum absolute atomic E-state index is 13.4. The zero-order valence-corrected chi connectivity index (χ0v) is 11.9. The van der Waals surface area contributed by atoms with Crippen LogP contribution in [0.25, 0.3) is 0 Å². The highest BCUT2D eigenvalue weighted by molar-refractivity contribution is 9.10. The SMILES string of the molecule is CC(C)N(CCC#N)C(=O)c1cccc(F)c1Br. The molecule has 1 aromatic rings. The van der Waals surface area contributed by atoms with Gasteiger partial charge < -0.3 is 4.90 Å². The van der Waals surface area contributed by atoms with Gasteiger partial charge in [0.1, 0.15) is 5.82 Å². The first-order valence-electron chi connectivity index (χ1n) is 5.61. The lowest BCUT2D eigenvalue weighted by atomic mass is 10.1. The fourth-order valence-electron chi connectivity index (χ4n) is 1.59. The molecule has 0 radical (unpaired) electrons. The molecule has 0 aliphatic heterocycles. The van der Waals surface area contributed by atoms with Gasteiger partial charge in [0.2, 0.25) is 0 Å². The van der Waals surface area contributed by atoms with E-state index >= 15 is 0 Å². The molecule has 18 heavy (non-hydrogen) atoms. The summed E-state index contributed by atoms with van der Waals surface area (Å²) in [5.74, 6) is -0.739. The molecular formula is C13H14BrFN2O. The second-order valence-electron chi connectivity index (χ2n) is 4.10. The van der Waals surface area contributed by atoms with Crippen molar-refractivity contribution >= 4 is 21.8 Å². The Morgan fingerprint density at radius 3 is 2.78 bits per heavy atom. The van der Waals surface area contributed by atoms with Crippen molar-refractivity contribution in [2.24, 2.45) is 0 Å². The number of rotatable bonds is 4. The Balaban J connectivity index is 3.03. The van der Waals surface area contributed by atoms with Gasteiger partial charge in [-0.05, 0) is 41.9 Å². The largest absolute Gasteiger partial charge is 0.335 e. The molecule has 3 nitrogen and oxygen atoms in total. The third-order valence-corrected chi connectivity index (χ3v) is 3.34. The van der Waals surface area contributed by atoms with E-state index < -0.39 is 5.82 Å². The first-order chi connectivity index (χ1) is 8.49. The number of benzene rings is 1. The Hall–Kier alpha value is -1.41. The molecule has 1 aromatic carbocycles. The van der Waals surface area contributed by atoms with Crippen molar-refractivity contribution in [2.45, 2.75) is 26.3 Å². The van der Waals surface area contributed by atoms with Crippen LogP contribution in [0.1, 0.15) is 30.6 Å². The fourth-order valence-corrected chi connectivity index (χ4v) is 2.02. The van der Waals surface area contributed by atoms with E-state index in [9.17, 15) is 9.18 Å². The highest BCUT2D eigenvalue weighted by Crippen LogP contribution is 2.22. The van der Waals surface area contributed by atoms with Crippen molar-refractivity contribution < 1.29 is 9.18 Å². The van der Waals surface area contributed by atoms with E-state index in [2.05, 4.69) is 15.9 Å². The maximum Gasteiger partial charge on any atom is 0.255 e. The van der Waals surface area contributed by atoms with Crippen LogP contribution in [0.5, 0.6) is 0 Å². The van der Waals surface area contributed by atoms with E-state index in [1.54, 1.807) is 11.0 Å². The molecule has 0 bridgehead atoms. The summed E-state index contributed by atoms with van der Waals surface area (Å²) in [6.07, 6.45) is 0.261. The highest BCUT2D eigenvalue weighted by atomic mass is 79.9. The Morgan fingerprint density at radius 2 is 2.22 bits per heavy atom. The van der Waals surface area contributed by atoms with Gasteiger partial charge in [0.05, 0.1) is 22.5 Å². The van der Waals surface area contributed by atoms with Crippen molar-refractivity contribution in [1.29, 1.82) is 5.26 Å². The molecule has 0 saturated heterocycles. The molecule has 5 heteroatoms. The second-order valence-corrected chi connectivity index (χ2v) is 4.89. The minimum atomic E-state index is -0.468. The van der Waals surface area contributed by atoms with Crippen LogP contribution in [0.15, 0.2) is 22.7 Å². The zero-order valence-electron chi connectivity index (χ0n) is 10.3. The molecule has 0 unspecified atom stereocenters. The number of carbonyl (C=O) groups excluding carboxylic acids is 1. The van der Waals surface area contributed by atoms with Crippen LogP contribution in [-0.4, -0.2) is 23.4 Å². The Labute approximate surface area is 114 Å². The van der Waals surface area contributed by atoms with Crippen LogP contribution >= 0.6 is 15.9 Å². The van der Waals surface area contributed by atoms with Gasteiger partial charge in [0, 0.05) is 12.6 Å². The van der Waals surface area contributed by atoms with Crippen LogP contribution in [0.2, 0.25) is 0 Å². The van der Waals surface area contributed by atoms with Crippen LogP contribution in [0.4, 0.5) is 4.39 Å². The van der Waals surface area contributed by atoms with Gasteiger partial charge in [-0.25, -0.2) is 4.39 Å². The highest BCUT2D eigenvalue weighted by Gasteiger charge is 2.21. The van der Waals surface area contributed by atoms with Gasteiger partial charge in [-0.1, -0.05) is 6.07 Å². The van der Waals surface area contributed by atoms with Gasteiger partial charge >= 0.3 is 0 Å². The van der Waals surface area contributed by atoms with E-state index in [-0.39, 0.29) is 28.4 Å². The Kier molecular flexibility index (Phi) is 5.29. The molecule has 0 heterocycles. The van der Waals surface area contributed by atoms with Gasteiger partial charge in [-0.2, -0.15) is 5.26 Å². The molecule has 0 saturated carbocycles. The van der Waals surface area contributed by atoms with Crippen LogP contribution < -0.4 is 0 Å². The summed E-state index contributed by atoms with van der Waals surface area (Å²) in [5, 5.41) is 8.59. The Morgan fingerprint density at radius 1 is 1.56 bits per heavy atom. The molecule has 0 atom stereocenters. The van der Waals surface area contributed by atoms with Crippen molar-refractivity contribution in [1.82, 2.24) is 4.90 Å². The topological polar surface area (TPSA) is 44.1 Å². The summed E-state index contributed by atoms with van der Waals surface area (Å²) in [7, 11) is 0. The van der Waals surface area contributed by atoms with Gasteiger partial charge in [-0.15, -0.1) is 0 Å². The molecule has 0 fully saturated rings. The average Bonchev–Trinajstić information content (AvgIpc) is 2.32. The molecule has 96 valence electrons. The Bertz CT molecular complexity index is 482. The first kappa shape index (κ1) is 14.7. The van der Waals surface area contributed by atoms with E-state index in [1.165, 1.54) is 12.1 Å². The number of hydrogen-bond acceptors (Lipinski definition) is 2. The lowest BCUT2D eigenvalue weighted by molar-refractivity contribution is 0.0708. The summed E-state index contributed by atoms with van der Waals surface area (Å²) >= 11 is 3.08. The van der Waals surface area contributed by atoms with Crippen molar-refractivity contribution in [3.63, 3.8) is 0 Å². The minimum absolute atomic E-state index is 0.0407. The van der Waals surface area contributed by atoms with Crippen molar-refractivity contribution in [2.75, 3.05) is 6.54 Å². The van der Waals surface area contributed by atoms with Crippen LogP contribution in [-0.2, 0) is 0 Å². The smallest absolute Gasteiger partial charge is 0.255 e. The number of nitriles is 1. The van der Waals surface area contributed by atoms with Gasteiger partial charge in [0.15, 0.2) is 0 Å². The molecule has 0 aliphatic carbocycles. The molecule has 0 spiro atoms. The summed E-state index contributed by atoms with van der Waals surface area (Å²) in [4.78, 5) is 13.8. The molecule has 1 rings (SSSR count). The predicted octanol–water partition coefficient (Wildman–Crippen LogP) is 3.35. The van der Waals surface area contributed by atoms with Gasteiger partial charge in [-0.3, -0.25) is 4.79 Å². The molecular weight excluding hydrogens is 299 g/mol. The summed E-state index contributed by atoms with van der Waals surface area (Å²) < 4.78 is 13.6. The summed E-state index contributed by atoms with van der Waals surface area (Å²) in [6.45, 7) is 4.07. The van der Waals surface area contributed by atoms with Crippen molar-refractivity contribution in [3.8, 4) is 6.07 Å². The monoisotopic (exact) mass is 312 g/mol. The molecule has 0 aromatic heterocycles. The molecule has 0 aliphatic rings. The third-order valence-electron chi connectivity index (χ3n) is 2.53. The lowest BCUT2D eigenvalue weighted by Gasteiger charge is -2.26. The number of carbonyl (C=O) groups is 1. The standard InChI is InChI=1S/C13H14BrFN2O/c1-9(2)17(8-4-7-16)13(18)10-5-3-6-11(15)12(10)14/h3,5-6,9H,4,8H2,1-2H3. The van der Waals surface area contributed by atoms with E-state index in [0.29, 0.717) is 6.54 Å². The number of halogens is 2. The average molecular weight is 313 g/mol. The minimum Gasteiger partial charge on any atom is -0.335 e. The predicted molar refractivity (Wildman–Crippen MR) is 70.5 cm³/mol. The number of nitrogens with zero attached hydrogens (tertiary/aromatic N) is 2. The number of amides is 1. The van der Waals surface area contributed by atoms with E-state index in [1.807, 2.05) is 19.9 Å². The number of hydrogen-bond donors (Lipinski definition) is 0. The van der Waals surface area contributed by atoms with Crippen LogP contribution in [0.3, 0.4) is 0 Å². The fraction of sp³-hybridized carbons (Fsp3) is 0.385.